The van der Waals surface area contributed by atoms with E-state index in [1.807, 2.05) is 18.2 Å². The van der Waals surface area contributed by atoms with Crippen molar-refractivity contribution in [2.75, 3.05) is 38.5 Å². The van der Waals surface area contributed by atoms with E-state index < -0.39 is 0 Å². The zero-order valence-corrected chi connectivity index (χ0v) is 17.6. The number of hydrogen-bond donors (Lipinski definition) is 1. The number of piperazine rings is 1. The summed E-state index contributed by atoms with van der Waals surface area (Å²) in [6.45, 7) is 5.93. The van der Waals surface area contributed by atoms with Gasteiger partial charge in [0.15, 0.2) is 0 Å². The Labute approximate surface area is 176 Å². The first-order chi connectivity index (χ1) is 14.1. The summed E-state index contributed by atoms with van der Waals surface area (Å²) < 4.78 is 0. The Bertz CT molecular complexity index is 937. The second kappa shape index (κ2) is 8.61. The van der Waals surface area contributed by atoms with E-state index in [9.17, 15) is 4.79 Å². The van der Waals surface area contributed by atoms with E-state index in [0.29, 0.717) is 0 Å². The fourth-order valence-corrected chi connectivity index (χ4v) is 4.32. The van der Waals surface area contributed by atoms with Gasteiger partial charge < -0.3 is 10.2 Å². The van der Waals surface area contributed by atoms with Crippen LogP contribution in [0.15, 0.2) is 36.5 Å². The highest BCUT2D eigenvalue weighted by molar-refractivity contribution is 6.28. The smallest absolute Gasteiger partial charge is 0.241 e. The van der Waals surface area contributed by atoms with E-state index in [1.165, 1.54) is 0 Å². The molecule has 1 unspecified atom stereocenters. The zero-order valence-electron chi connectivity index (χ0n) is 16.9. The van der Waals surface area contributed by atoms with E-state index in [-0.39, 0.29) is 17.2 Å². The molecule has 0 bridgehead atoms. The molecular weight excluding hydrogens is 386 g/mol. The van der Waals surface area contributed by atoms with Crippen LogP contribution in [0.1, 0.15) is 30.2 Å². The van der Waals surface area contributed by atoms with Crippen molar-refractivity contribution in [2.45, 2.75) is 25.8 Å². The number of benzene rings is 1. The molecule has 0 saturated carbocycles. The number of nitrogens with one attached hydrogen (secondary N) is 1. The average molecular weight is 412 g/mol. The molecule has 1 aliphatic carbocycles. The molecule has 1 N–H and O–H groups in total. The van der Waals surface area contributed by atoms with Gasteiger partial charge in [-0.05, 0) is 54.7 Å². The van der Waals surface area contributed by atoms with Gasteiger partial charge in [0.1, 0.15) is 0 Å². The highest BCUT2D eigenvalue weighted by Gasteiger charge is 2.28. The van der Waals surface area contributed by atoms with Crippen molar-refractivity contribution in [3.63, 3.8) is 0 Å². The number of carbonyl (C=O) groups is 1. The molecule has 1 atom stereocenters. The highest BCUT2D eigenvalue weighted by atomic mass is 35.5. The summed E-state index contributed by atoms with van der Waals surface area (Å²) >= 11 is 5.97. The maximum Gasteiger partial charge on any atom is 0.241 e. The fraction of sp³-hybridized carbons (Fsp3) is 0.409. The van der Waals surface area contributed by atoms with Gasteiger partial charge >= 0.3 is 0 Å². The molecule has 1 aliphatic heterocycles. The zero-order chi connectivity index (χ0) is 20.4. The Kier molecular flexibility index (Phi) is 5.94. The van der Waals surface area contributed by atoms with Crippen LogP contribution in [0.3, 0.4) is 0 Å². The molecule has 4 rings (SSSR count). The molecule has 2 aromatic rings. The number of nitrogens with zero attached hydrogens (tertiary/aromatic N) is 4. The van der Waals surface area contributed by atoms with Crippen LogP contribution < -0.4 is 5.32 Å². The van der Waals surface area contributed by atoms with Gasteiger partial charge in [-0.3, -0.25) is 9.69 Å². The molecule has 152 valence electrons. The summed E-state index contributed by atoms with van der Waals surface area (Å²) in [6.07, 6.45) is 5.36. The normalized spacial score (nSPS) is 18.2. The number of allylic oxidation sites excluding steroid dienone is 1. The first-order valence-corrected chi connectivity index (χ1v) is 10.5. The fourth-order valence-electron chi connectivity index (χ4n) is 4.18. The summed E-state index contributed by atoms with van der Waals surface area (Å²) in [6, 6.07) is 7.79. The Morgan fingerprint density at radius 2 is 2.03 bits per heavy atom. The molecule has 1 saturated heterocycles. The van der Waals surface area contributed by atoms with Crippen LogP contribution in [0, 0.1) is 0 Å². The molecule has 1 aromatic heterocycles. The van der Waals surface area contributed by atoms with E-state index >= 15 is 0 Å². The van der Waals surface area contributed by atoms with Gasteiger partial charge in [-0.1, -0.05) is 25.1 Å². The number of hydrogen-bond acceptors (Lipinski definition) is 5. The minimum atomic E-state index is -0.103. The molecule has 6 nitrogen and oxygen atoms in total. The van der Waals surface area contributed by atoms with Gasteiger partial charge in [-0.15, -0.1) is 0 Å². The summed E-state index contributed by atoms with van der Waals surface area (Å²) in [7, 11) is 2.13. The molecule has 2 heterocycles. The number of rotatable bonds is 5. The molecule has 7 heteroatoms. The minimum Gasteiger partial charge on any atom is -0.324 e. The Hall–Kier alpha value is -2.28. The predicted molar refractivity (Wildman–Crippen MR) is 116 cm³/mol. The number of aromatic nitrogens is 2. The molecule has 1 amide bonds. The van der Waals surface area contributed by atoms with Crippen LogP contribution in [0.4, 0.5) is 5.69 Å². The van der Waals surface area contributed by atoms with Crippen molar-refractivity contribution in [1.29, 1.82) is 0 Å². The number of likely N-dealkylation sites (N-methyl/N-ethyl adjacent to an activating group) is 1. The Balaban J connectivity index is 1.53. The number of carbonyl (C=O) groups excluding carboxylic acids is 1. The molecule has 0 spiro atoms. The Morgan fingerprint density at radius 3 is 2.76 bits per heavy atom. The van der Waals surface area contributed by atoms with E-state index in [0.717, 1.165) is 67.1 Å². The standard InChI is InChI=1S/C22H26ClN5O/c1-3-20(28-13-11-27(2)12-14-28)21(29)25-18-6-4-5-15-16(18)7-8-17(15)19-9-10-24-22(23)26-19/h4-6,8-10,20H,3,7,11-14H2,1-2H3,(H,25,29). The van der Waals surface area contributed by atoms with Crippen LogP contribution in [-0.4, -0.2) is 64.9 Å². The molecular formula is C22H26ClN5O. The van der Waals surface area contributed by atoms with Crippen molar-refractivity contribution in [1.82, 2.24) is 19.8 Å². The van der Waals surface area contributed by atoms with Crippen molar-refractivity contribution >= 4 is 28.8 Å². The number of amides is 1. The molecule has 0 radical (unpaired) electrons. The van der Waals surface area contributed by atoms with Crippen molar-refractivity contribution < 1.29 is 4.79 Å². The van der Waals surface area contributed by atoms with Gasteiger partial charge in [0.25, 0.3) is 0 Å². The maximum atomic E-state index is 13.1. The highest BCUT2D eigenvalue weighted by Crippen LogP contribution is 2.36. The topological polar surface area (TPSA) is 61.4 Å². The van der Waals surface area contributed by atoms with E-state index in [1.54, 1.807) is 6.20 Å². The van der Waals surface area contributed by atoms with Crippen molar-refractivity contribution in [3.8, 4) is 0 Å². The van der Waals surface area contributed by atoms with Gasteiger partial charge in [0, 0.05) is 43.6 Å². The van der Waals surface area contributed by atoms with Gasteiger partial charge in [0.2, 0.25) is 11.2 Å². The third-order valence-electron chi connectivity index (χ3n) is 5.80. The predicted octanol–water partition coefficient (Wildman–Crippen LogP) is 3.08. The lowest BCUT2D eigenvalue weighted by molar-refractivity contribution is -0.122. The monoisotopic (exact) mass is 411 g/mol. The first-order valence-electron chi connectivity index (χ1n) is 10.1. The molecule has 2 aliphatic rings. The lowest BCUT2D eigenvalue weighted by Crippen LogP contribution is -2.52. The Morgan fingerprint density at radius 1 is 1.24 bits per heavy atom. The quantitative estimate of drug-likeness (QED) is 0.766. The summed E-state index contributed by atoms with van der Waals surface area (Å²) in [5.74, 6) is 0.0731. The third kappa shape index (κ3) is 4.20. The SMILES string of the molecule is CCC(C(=O)Nc1cccc2c1CC=C2c1ccnc(Cl)n1)N1CCN(C)CC1. The first kappa shape index (κ1) is 20.0. The summed E-state index contributed by atoms with van der Waals surface area (Å²) in [4.78, 5) is 26.0. The van der Waals surface area contributed by atoms with E-state index in [2.05, 4.69) is 51.2 Å². The molecule has 1 fully saturated rings. The van der Waals surface area contributed by atoms with Crippen LogP contribution in [0.2, 0.25) is 5.28 Å². The van der Waals surface area contributed by atoms with Crippen LogP contribution in [-0.2, 0) is 11.2 Å². The van der Waals surface area contributed by atoms with Crippen molar-refractivity contribution in [3.05, 3.63) is 58.6 Å². The second-order valence-corrected chi connectivity index (χ2v) is 7.96. The number of fused-ring (bicyclic) bond motifs is 1. The van der Waals surface area contributed by atoms with Gasteiger partial charge in [0.05, 0.1) is 11.7 Å². The van der Waals surface area contributed by atoms with Crippen molar-refractivity contribution in [2.24, 2.45) is 0 Å². The minimum absolute atomic E-state index is 0.0731. The maximum absolute atomic E-state index is 13.1. The number of halogens is 1. The van der Waals surface area contributed by atoms with E-state index in [4.69, 9.17) is 11.6 Å². The van der Waals surface area contributed by atoms with Crippen LogP contribution in [0.5, 0.6) is 0 Å². The largest absolute Gasteiger partial charge is 0.324 e. The molecule has 1 aromatic carbocycles. The average Bonchev–Trinajstić information content (AvgIpc) is 3.15. The summed E-state index contributed by atoms with van der Waals surface area (Å²) in [5.41, 5.74) is 4.93. The number of anilines is 1. The van der Waals surface area contributed by atoms with Crippen LogP contribution >= 0.6 is 11.6 Å². The third-order valence-corrected chi connectivity index (χ3v) is 5.99. The molecule has 29 heavy (non-hydrogen) atoms. The summed E-state index contributed by atoms with van der Waals surface area (Å²) in [5, 5.41) is 3.43. The lowest BCUT2D eigenvalue weighted by Gasteiger charge is -2.36. The van der Waals surface area contributed by atoms with Gasteiger partial charge in [-0.25, -0.2) is 9.97 Å². The lowest BCUT2D eigenvalue weighted by atomic mass is 10.0. The van der Waals surface area contributed by atoms with Crippen LogP contribution in [0.25, 0.3) is 5.57 Å². The van der Waals surface area contributed by atoms with Gasteiger partial charge in [-0.2, -0.15) is 0 Å². The second-order valence-electron chi connectivity index (χ2n) is 7.62.